The van der Waals surface area contributed by atoms with Crippen LogP contribution in [0.1, 0.15) is 12.5 Å². The molecule has 5 heteroatoms. The van der Waals surface area contributed by atoms with Crippen molar-refractivity contribution in [2.45, 2.75) is 6.92 Å². The van der Waals surface area contributed by atoms with E-state index in [1.165, 1.54) is 0 Å². The van der Waals surface area contributed by atoms with Gasteiger partial charge in [-0.2, -0.15) is 0 Å². The van der Waals surface area contributed by atoms with Crippen molar-refractivity contribution in [1.82, 2.24) is 4.98 Å². The number of nitrogens with two attached hydrogens (primary N) is 1. The van der Waals surface area contributed by atoms with Crippen LogP contribution in [0.2, 0.25) is 0 Å². The molecule has 0 amide bonds. The highest BCUT2D eigenvalue weighted by Gasteiger charge is 2.07. The van der Waals surface area contributed by atoms with Gasteiger partial charge in [-0.15, -0.1) is 0 Å². The summed E-state index contributed by atoms with van der Waals surface area (Å²) in [6, 6.07) is 10.9. The Morgan fingerprint density at radius 2 is 2.00 bits per heavy atom. The lowest BCUT2D eigenvalue weighted by atomic mass is 10.2. The van der Waals surface area contributed by atoms with Crippen molar-refractivity contribution in [2.24, 2.45) is 5.73 Å². The molecule has 1 heterocycles. The summed E-state index contributed by atoms with van der Waals surface area (Å²) in [7, 11) is 0. The minimum atomic E-state index is 0.311. The highest BCUT2D eigenvalue weighted by Crippen LogP contribution is 2.30. The molecule has 0 aliphatic rings. The van der Waals surface area contributed by atoms with E-state index in [4.69, 9.17) is 27.4 Å². The number of para-hydroxylation sites is 2. The molecule has 1 aromatic carbocycles. The molecule has 2 N–H and O–H groups in total. The first-order valence-corrected chi connectivity index (χ1v) is 6.27. The highest BCUT2D eigenvalue weighted by atomic mass is 32.1. The molecular formula is C14H14N2O2S. The summed E-state index contributed by atoms with van der Waals surface area (Å²) < 4.78 is 11.2. The third kappa shape index (κ3) is 3.42. The monoisotopic (exact) mass is 274 g/mol. The molecule has 0 spiro atoms. The van der Waals surface area contributed by atoms with Crippen LogP contribution in [0.25, 0.3) is 0 Å². The minimum Gasteiger partial charge on any atom is -0.490 e. The largest absolute Gasteiger partial charge is 0.490 e. The lowest BCUT2D eigenvalue weighted by Crippen LogP contribution is -2.09. The topological polar surface area (TPSA) is 57.4 Å². The van der Waals surface area contributed by atoms with Crippen LogP contribution >= 0.6 is 12.2 Å². The van der Waals surface area contributed by atoms with Gasteiger partial charge >= 0.3 is 0 Å². The Bertz CT molecular complexity index is 587. The van der Waals surface area contributed by atoms with E-state index >= 15 is 0 Å². The van der Waals surface area contributed by atoms with Crippen LogP contribution in [0.5, 0.6) is 17.4 Å². The molecule has 0 bridgehead atoms. The maximum atomic E-state index is 5.70. The zero-order chi connectivity index (χ0) is 13.7. The zero-order valence-electron chi connectivity index (χ0n) is 10.5. The van der Waals surface area contributed by atoms with Crippen molar-refractivity contribution in [3.8, 4) is 17.4 Å². The number of benzene rings is 1. The normalized spacial score (nSPS) is 9.95. The van der Waals surface area contributed by atoms with E-state index < -0.39 is 0 Å². The third-order valence-corrected chi connectivity index (χ3v) is 2.62. The second kappa shape index (κ2) is 6.15. The Hall–Kier alpha value is -2.14. The quantitative estimate of drug-likeness (QED) is 0.850. The van der Waals surface area contributed by atoms with E-state index in [9.17, 15) is 0 Å². The summed E-state index contributed by atoms with van der Waals surface area (Å²) >= 11 is 4.92. The molecule has 0 unspecified atom stereocenters. The van der Waals surface area contributed by atoms with Gasteiger partial charge in [0.25, 0.3) is 0 Å². The van der Waals surface area contributed by atoms with Crippen LogP contribution in [0.15, 0.2) is 42.6 Å². The average molecular weight is 274 g/mol. The van der Waals surface area contributed by atoms with Crippen LogP contribution in [-0.2, 0) is 0 Å². The molecule has 0 aliphatic carbocycles. The van der Waals surface area contributed by atoms with Crippen molar-refractivity contribution < 1.29 is 9.47 Å². The molecule has 2 aromatic rings. The predicted octanol–water partition coefficient (Wildman–Crippen LogP) is 2.91. The Balaban J connectivity index is 2.26. The molecule has 0 atom stereocenters. The number of aromatic nitrogens is 1. The smallest absolute Gasteiger partial charge is 0.220 e. The summed E-state index contributed by atoms with van der Waals surface area (Å²) in [5.41, 5.74) is 6.29. The van der Waals surface area contributed by atoms with E-state index in [0.717, 1.165) is 0 Å². The van der Waals surface area contributed by atoms with Crippen LogP contribution in [-0.4, -0.2) is 16.6 Å². The number of thiocarbonyl (C=S) groups is 1. The first-order chi connectivity index (χ1) is 9.20. The first kappa shape index (κ1) is 13.3. The van der Waals surface area contributed by atoms with Crippen molar-refractivity contribution in [1.29, 1.82) is 0 Å². The average Bonchev–Trinajstić information content (AvgIpc) is 2.41. The fraction of sp³-hybridized carbons (Fsp3) is 0.143. The summed E-state index contributed by atoms with van der Waals surface area (Å²) in [5.74, 6) is 1.71. The Kier molecular flexibility index (Phi) is 4.30. The van der Waals surface area contributed by atoms with E-state index in [1.807, 2.05) is 31.2 Å². The second-order valence-corrected chi connectivity index (χ2v) is 4.17. The standard InChI is InChI=1S/C14H14N2O2S/c1-2-17-11-5-3-4-6-12(11)18-13-9-10(14(15)19)7-8-16-13/h3-9H,2H2,1H3,(H2,15,19). The Labute approximate surface area is 117 Å². The van der Waals surface area contributed by atoms with E-state index in [2.05, 4.69) is 4.98 Å². The Morgan fingerprint density at radius 3 is 2.68 bits per heavy atom. The molecule has 0 radical (unpaired) electrons. The lowest BCUT2D eigenvalue weighted by molar-refractivity contribution is 0.319. The lowest BCUT2D eigenvalue weighted by Gasteiger charge is -2.10. The summed E-state index contributed by atoms with van der Waals surface area (Å²) in [5, 5.41) is 0. The molecule has 0 fully saturated rings. The molecule has 0 saturated heterocycles. The number of nitrogens with zero attached hydrogens (tertiary/aromatic N) is 1. The van der Waals surface area contributed by atoms with Crippen molar-refractivity contribution >= 4 is 17.2 Å². The minimum absolute atomic E-state index is 0.311. The van der Waals surface area contributed by atoms with Crippen LogP contribution in [0.3, 0.4) is 0 Å². The van der Waals surface area contributed by atoms with E-state index in [0.29, 0.717) is 34.5 Å². The first-order valence-electron chi connectivity index (χ1n) is 5.86. The molecule has 98 valence electrons. The van der Waals surface area contributed by atoms with Crippen molar-refractivity contribution in [3.05, 3.63) is 48.2 Å². The number of ether oxygens (including phenoxy) is 2. The molecule has 19 heavy (non-hydrogen) atoms. The van der Waals surface area contributed by atoms with Crippen LogP contribution in [0.4, 0.5) is 0 Å². The van der Waals surface area contributed by atoms with Gasteiger partial charge in [-0.1, -0.05) is 24.4 Å². The van der Waals surface area contributed by atoms with E-state index in [1.54, 1.807) is 18.3 Å². The van der Waals surface area contributed by atoms with Gasteiger partial charge in [0.1, 0.15) is 4.99 Å². The Morgan fingerprint density at radius 1 is 1.26 bits per heavy atom. The summed E-state index contributed by atoms with van der Waals surface area (Å²) in [6.07, 6.45) is 1.60. The molecule has 0 saturated carbocycles. The third-order valence-electron chi connectivity index (χ3n) is 2.38. The molecule has 0 aliphatic heterocycles. The zero-order valence-corrected chi connectivity index (χ0v) is 11.3. The van der Waals surface area contributed by atoms with Gasteiger partial charge in [0, 0.05) is 17.8 Å². The number of rotatable bonds is 5. The van der Waals surface area contributed by atoms with Gasteiger partial charge in [-0.3, -0.25) is 0 Å². The van der Waals surface area contributed by atoms with E-state index in [-0.39, 0.29) is 0 Å². The van der Waals surface area contributed by atoms with Gasteiger partial charge in [0.2, 0.25) is 5.88 Å². The number of pyridine rings is 1. The van der Waals surface area contributed by atoms with Gasteiger partial charge in [0.05, 0.1) is 6.61 Å². The summed E-state index contributed by atoms with van der Waals surface area (Å²) in [4.78, 5) is 4.44. The van der Waals surface area contributed by atoms with Crippen LogP contribution in [0, 0.1) is 0 Å². The maximum absolute atomic E-state index is 5.70. The highest BCUT2D eigenvalue weighted by molar-refractivity contribution is 7.80. The summed E-state index contributed by atoms with van der Waals surface area (Å²) in [6.45, 7) is 2.49. The maximum Gasteiger partial charge on any atom is 0.220 e. The molecule has 4 nitrogen and oxygen atoms in total. The second-order valence-electron chi connectivity index (χ2n) is 3.73. The molecule has 2 rings (SSSR count). The van der Waals surface area contributed by atoms with Gasteiger partial charge in [0.15, 0.2) is 11.5 Å². The number of hydrogen-bond acceptors (Lipinski definition) is 4. The SMILES string of the molecule is CCOc1ccccc1Oc1cc(C(N)=S)ccn1. The predicted molar refractivity (Wildman–Crippen MR) is 77.8 cm³/mol. The van der Waals surface area contributed by atoms with Gasteiger partial charge in [-0.25, -0.2) is 4.98 Å². The van der Waals surface area contributed by atoms with Crippen molar-refractivity contribution in [3.63, 3.8) is 0 Å². The molecular weight excluding hydrogens is 260 g/mol. The fourth-order valence-electron chi connectivity index (χ4n) is 1.54. The van der Waals surface area contributed by atoms with Gasteiger partial charge in [-0.05, 0) is 25.1 Å². The van der Waals surface area contributed by atoms with Gasteiger partial charge < -0.3 is 15.2 Å². The van der Waals surface area contributed by atoms with Crippen LogP contribution < -0.4 is 15.2 Å². The fourth-order valence-corrected chi connectivity index (χ4v) is 1.67. The number of hydrogen-bond donors (Lipinski definition) is 1. The molecule has 1 aromatic heterocycles. The van der Waals surface area contributed by atoms with Crippen molar-refractivity contribution in [2.75, 3.05) is 6.61 Å².